The van der Waals surface area contributed by atoms with Crippen LogP contribution in [0.25, 0.3) is 0 Å². The number of rotatable bonds is 10. The maximum absolute atomic E-state index is 11.9. The van der Waals surface area contributed by atoms with Gasteiger partial charge in [0.2, 0.25) is 0 Å². The highest BCUT2D eigenvalue weighted by molar-refractivity contribution is 5.89. The molecule has 0 amide bonds. The number of benzene rings is 1. The third-order valence-electron chi connectivity index (χ3n) is 3.62. The first kappa shape index (κ1) is 20.1. The van der Waals surface area contributed by atoms with Gasteiger partial charge in [0.25, 0.3) is 0 Å². The van der Waals surface area contributed by atoms with Gasteiger partial charge in [0.1, 0.15) is 5.60 Å². The fourth-order valence-electron chi connectivity index (χ4n) is 1.98. The van der Waals surface area contributed by atoms with Gasteiger partial charge < -0.3 is 9.47 Å². The Morgan fingerprint density at radius 1 is 1.00 bits per heavy atom. The monoisotopic (exact) mass is 338 g/mol. The highest BCUT2D eigenvalue weighted by atomic mass is 17.1. The second kappa shape index (κ2) is 10.1. The molecule has 6 heteroatoms. The van der Waals surface area contributed by atoms with Crippen molar-refractivity contribution in [1.29, 1.82) is 0 Å². The summed E-state index contributed by atoms with van der Waals surface area (Å²) >= 11 is 0. The number of carbonyl (C=O) groups is 2. The van der Waals surface area contributed by atoms with Crippen molar-refractivity contribution < 1.29 is 29.2 Å². The quantitative estimate of drug-likeness (QED) is 0.303. The fourth-order valence-corrected chi connectivity index (χ4v) is 1.98. The van der Waals surface area contributed by atoms with E-state index in [1.807, 2.05) is 0 Å². The summed E-state index contributed by atoms with van der Waals surface area (Å²) < 4.78 is 10.2. The van der Waals surface area contributed by atoms with Gasteiger partial charge in [-0.2, -0.15) is 0 Å². The van der Waals surface area contributed by atoms with E-state index in [1.54, 1.807) is 45.0 Å². The van der Waals surface area contributed by atoms with E-state index in [4.69, 9.17) is 14.7 Å². The van der Waals surface area contributed by atoms with Gasteiger partial charge in [0.15, 0.2) is 0 Å². The largest absolute Gasteiger partial charge is 0.466 e. The average molecular weight is 338 g/mol. The summed E-state index contributed by atoms with van der Waals surface area (Å²) in [5.74, 6) is -0.582. The molecule has 1 aromatic rings. The molecule has 0 heterocycles. The van der Waals surface area contributed by atoms with Gasteiger partial charge in [-0.15, -0.1) is 0 Å². The van der Waals surface area contributed by atoms with Gasteiger partial charge in [-0.05, 0) is 50.8 Å². The standard InChI is InChI=1S/C18H26O6/c1-4-16(19)22-12-6-5-7-13-23-17(20)14-8-10-15(11-9-14)18(2,3)24-21/h8-11,21H,4-7,12-13H2,1-3H3. The summed E-state index contributed by atoms with van der Waals surface area (Å²) in [5, 5.41) is 8.86. The van der Waals surface area contributed by atoms with Gasteiger partial charge in [-0.3, -0.25) is 10.1 Å². The SMILES string of the molecule is CCC(=O)OCCCCCOC(=O)c1ccc(C(C)(C)OO)cc1. The van der Waals surface area contributed by atoms with E-state index in [0.717, 1.165) is 24.8 Å². The van der Waals surface area contributed by atoms with Crippen molar-refractivity contribution >= 4 is 11.9 Å². The average Bonchev–Trinajstić information content (AvgIpc) is 2.60. The zero-order valence-corrected chi connectivity index (χ0v) is 14.5. The molecule has 0 aliphatic rings. The highest BCUT2D eigenvalue weighted by Crippen LogP contribution is 2.23. The minimum absolute atomic E-state index is 0.195. The van der Waals surface area contributed by atoms with Crippen LogP contribution in [0, 0.1) is 0 Å². The molecule has 24 heavy (non-hydrogen) atoms. The lowest BCUT2D eigenvalue weighted by molar-refractivity contribution is -0.318. The molecule has 1 N–H and O–H groups in total. The van der Waals surface area contributed by atoms with E-state index in [-0.39, 0.29) is 11.9 Å². The van der Waals surface area contributed by atoms with E-state index in [1.165, 1.54) is 0 Å². The molecule has 0 aliphatic carbocycles. The van der Waals surface area contributed by atoms with Crippen molar-refractivity contribution in [2.45, 2.75) is 52.1 Å². The molecule has 1 aromatic carbocycles. The van der Waals surface area contributed by atoms with Crippen LogP contribution in [0.4, 0.5) is 0 Å². The van der Waals surface area contributed by atoms with E-state index >= 15 is 0 Å². The molecule has 0 unspecified atom stereocenters. The molecule has 0 saturated heterocycles. The topological polar surface area (TPSA) is 82.1 Å². The van der Waals surface area contributed by atoms with Crippen LogP contribution in [0.5, 0.6) is 0 Å². The third-order valence-corrected chi connectivity index (χ3v) is 3.62. The smallest absolute Gasteiger partial charge is 0.338 e. The van der Waals surface area contributed by atoms with E-state index in [2.05, 4.69) is 4.89 Å². The van der Waals surface area contributed by atoms with Gasteiger partial charge in [-0.1, -0.05) is 19.1 Å². The van der Waals surface area contributed by atoms with Crippen molar-refractivity contribution in [2.24, 2.45) is 0 Å². The normalized spacial score (nSPS) is 11.2. The molecule has 134 valence electrons. The molecule has 0 radical (unpaired) electrons. The van der Waals surface area contributed by atoms with E-state index in [0.29, 0.717) is 25.2 Å². The summed E-state index contributed by atoms with van der Waals surface area (Å²) in [6.07, 6.45) is 2.69. The number of esters is 2. The Hall–Kier alpha value is -1.92. The van der Waals surface area contributed by atoms with Crippen LogP contribution >= 0.6 is 0 Å². The minimum atomic E-state index is -0.830. The number of hydrogen-bond acceptors (Lipinski definition) is 6. The first-order chi connectivity index (χ1) is 11.4. The second-order valence-corrected chi connectivity index (χ2v) is 5.95. The number of hydrogen-bond donors (Lipinski definition) is 1. The van der Waals surface area contributed by atoms with Crippen LogP contribution in [-0.2, 0) is 24.8 Å². The van der Waals surface area contributed by atoms with Crippen LogP contribution in [0.1, 0.15) is 62.4 Å². The van der Waals surface area contributed by atoms with Crippen LogP contribution in [0.3, 0.4) is 0 Å². The summed E-state index contributed by atoms with van der Waals surface area (Å²) in [7, 11) is 0. The Morgan fingerprint density at radius 3 is 2.12 bits per heavy atom. The van der Waals surface area contributed by atoms with Crippen molar-refractivity contribution in [1.82, 2.24) is 0 Å². The number of carbonyl (C=O) groups excluding carboxylic acids is 2. The molecular formula is C18H26O6. The maximum atomic E-state index is 11.9. The lowest BCUT2D eigenvalue weighted by Gasteiger charge is -2.20. The zero-order valence-electron chi connectivity index (χ0n) is 14.5. The fraction of sp³-hybridized carbons (Fsp3) is 0.556. The molecule has 1 rings (SSSR count). The van der Waals surface area contributed by atoms with Crippen LogP contribution in [-0.4, -0.2) is 30.4 Å². The maximum Gasteiger partial charge on any atom is 0.338 e. The number of ether oxygens (including phenoxy) is 2. The summed E-state index contributed by atoms with van der Waals surface area (Å²) in [6.45, 7) is 5.93. The molecular weight excluding hydrogens is 312 g/mol. The molecule has 0 spiro atoms. The molecule has 0 aliphatic heterocycles. The molecule has 0 atom stereocenters. The Morgan fingerprint density at radius 2 is 1.58 bits per heavy atom. The van der Waals surface area contributed by atoms with Crippen LogP contribution < -0.4 is 0 Å². The van der Waals surface area contributed by atoms with Gasteiger partial charge in [0, 0.05) is 6.42 Å². The second-order valence-electron chi connectivity index (χ2n) is 5.95. The minimum Gasteiger partial charge on any atom is -0.466 e. The Bertz CT molecular complexity index is 521. The first-order valence-corrected chi connectivity index (χ1v) is 8.16. The van der Waals surface area contributed by atoms with Gasteiger partial charge in [-0.25, -0.2) is 9.68 Å². The molecule has 0 saturated carbocycles. The number of unbranched alkanes of at least 4 members (excludes halogenated alkanes) is 2. The van der Waals surface area contributed by atoms with Gasteiger partial charge in [0.05, 0.1) is 18.8 Å². The van der Waals surface area contributed by atoms with Crippen molar-refractivity contribution in [3.8, 4) is 0 Å². The summed E-state index contributed by atoms with van der Waals surface area (Å²) in [4.78, 5) is 27.3. The molecule has 6 nitrogen and oxygen atoms in total. The van der Waals surface area contributed by atoms with Crippen LogP contribution in [0.2, 0.25) is 0 Å². The Labute approximate surface area is 142 Å². The highest BCUT2D eigenvalue weighted by Gasteiger charge is 2.21. The lowest BCUT2D eigenvalue weighted by atomic mass is 9.97. The zero-order chi connectivity index (χ0) is 18.0. The van der Waals surface area contributed by atoms with Crippen molar-refractivity contribution in [3.63, 3.8) is 0 Å². The van der Waals surface area contributed by atoms with E-state index < -0.39 is 5.60 Å². The molecule has 0 fully saturated rings. The first-order valence-electron chi connectivity index (χ1n) is 8.16. The van der Waals surface area contributed by atoms with E-state index in [9.17, 15) is 9.59 Å². The van der Waals surface area contributed by atoms with Crippen LogP contribution in [0.15, 0.2) is 24.3 Å². The Kier molecular flexibility index (Phi) is 8.43. The lowest BCUT2D eigenvalue weighted by Crippen LogP contribution is -2.19. The molecule has 0 bridgehead atoms. The van der Waals surface area contributed by atoms with Gasteiger partial charge >= 0.3 is 11.9 Å². The molecule has 0 aromatic heterocycles. The van der Waals surface area contributed by atoms with Crippen molar-refractivity contribution in [2.75, 3.05) is 13.2 Å². The summed E-state index contributed by atoms with van der Waals surface area (Å²) in [6, 6.07) is 6.72. The predicted octanol–water partition coefficient (Wildman–Crippen LogP) is 3.69. The van der Waals surface area contributed by atoms with Crippen molar-refractivity contribution in [3.05, 3.63) is 35.4 Å². The predicted molar refractivity (Wildman–Crippen MR) is 88.6 cm³/mol. The third kappa shape index (κ3) is 6.68. The summed E-state index contributed by atoms with van der Waals surface area (Å²) in [5.41, 5.74) is 0.372. The Balaban J connectivity index is 2.27.